The van der Waals surface area contributed by atoms with Gasteiger partial charge in [0.2, 0.25) is 0 Å². The Balaban J connectivity index is 1.61. The third-order valence-electron chi connectivity index (χ3n) is 2.78. The largest absolute Gasteiger partial charge is 0.455 e. The number of rotatable bonds is 7. The Morgan fingerprint density at radius 3 is 2.71 bits per heavy atom. The highest BCUT2D eigenvalue weighted by Crippen LogP contribution is 2.24. The van der Waals surface area contributed by atoms with E-state index in [4.69, 9.17) is 27.9 Å². The van der Waals surface area contributed by atoms with Gasteiger partial charge < -0.3 is 10.1 Å². The van der Waals surface area contributed by atoms with Crippen molar-refractivity contribution >= 4 is 46.8 Å². The predicted molar refractivity (Wildman–Crippen MR) is 84.7 cm³/mol. The molecule has 1 saturated carbocycles. The lowest BCUT2D eigenvalue weighted by molar-refractivity contribution is -0.145. The van der Waals surface area contributed by atoms with Crippen molar-refractivity contribution in [1.82, 2.24) is 5.32 Å². The van der Waals surface area contributed by atoms with E-state index in [1.165, 1.54) is 11.8 Å². The van der Waals surface area contributed by atoms with E-state index in [0.717, 1.165) is 18.4 Å². The number of hydrogen-bond acceptors (Lipinski definition) is 4. The van der Waals surface area contributed by atoms with Crippen LogP contribution in [0.25, 0.3) is 0 Å². The van der Waals surface area contributed by atoms with Gasteiger partial charge >= 0.3 is 5.97 Å². The maximum Gasteiger partial charge on any atom is 0.316 e. The minimum absolute atomic E-state index is 0.191. The Kier molecular flexibility index (Phi) is 6.21. The van der Waals surface area contributed by atoms with Crippen molar-refractivity contribution in [3.63, 3.8) is 0 Å². The number of halogens is 2. The average molecular weight is 348 g/mol. The molecule has 0 saturated heterocycles. The molecule has 4 nitrogen and oxygen atoms in total. The van der Waals surface area contributed by atoms with Crippen molar-refractivity contribution in [1.29, 1.82) is 0 Å². The van der Waals surface area contributed by atoms with Gasteiger partial charge in [0.1, 0.15) is 0 Å². The Morgan fingerprint density at radius 2 is 2.05 bits per heavy atom. The number of esters is 1. The van der Waals surface area contributed by atoms with Crippen molar-refractivity contribution in [3.05, 3.63) is 33.8 Å². The van der Waals surface area contributed by atoms with Gasteiger partial charge in [0.05, 0.1) is 15.8 Å². The number of hydrogen-bond donors (Lipinski definition) is 1. The van der Waals surface area contributed by atoms with Crippen LogP contribution in [0.15, 0.2) is 18.2 Å². The van der Waals surface area contributed by atoms with Crippen molar-refractivity contribution in [3.8, 4) is 0 Å². The van der Waals surface area contributed by atoms with Gasteiger partial charge in [0.15, 0.2) is 6.61 Å². The molecular formula is C14H15Cl2NO3S. The van der Waals surface area contributed by atoms with Gasteiger partial charge in [-0.1, -0.05) is 29.3 Å². The van der Waals surface area contributed by atoms with E-state index in [-0.39, 0.29) is 24.3 Å². The molecule has 2 rings (SSSR count). The minimum Gasteiger partial charge on any atom is -0.455 e. The van der Waals surface area contributed by atoms with Crippen LogP contribution in [-0.4, -0.2) is 30.3 Å². The summed E-state index contributed by atoms with van der Waals surface area (Å²) in [5.74, 6) is 0.184. The molecule has 1 aromatic rings. The van der Waals surface area contributed by atoms with Crippen LogP contribution in [-0.2, 0) is 20.1 Å². The average Bonchev–Trinajstić information content (AvgIpc) is 3.24. The van der Waals surface area contributed by atoms with E-state index in [2.05, 4.69) is 5.32 Å². The molecule has 1 aliphatic carbocycles. The summed E-state index contributed by atoms with van der Waals surface area (Å²) in [6, 6.07) is 5.63. The molecule has 0 aromatic heterocycles. The number of carbonyl (C=O) groups is 2. The second-order valence-electron chi connectivity index (χ2n) is 4.74. The molecule has 0 aliphatic heterocycles. The number of benzene rings is 1. The normalized spacial score (nSPS) is 13.8. The minimum atomic E-state index is -0.397. The molecule has 1 aliphatic rings. The van der Waals surface area contributed by atoms with Gasteiger partial charge in [-0.15, -0.1) is 11.8 Å². The highest BCUT2D eigenvalue weighted by molar-refractivity contribution is 7.99. The molecule has 1 N–H and O–H groups in total. The van der Waals surface area contributed by atoms with E-state index >= 15 is 0 Å². The summed E-state index contributed by atoms with van der Waals surface area (Å²) in [5.41, 5.74) is 0.980. The van der Waals surface area contributed by atoms with Gasteiger partial charge in [-0.3, -0.25) is 9.59 Å². The quantitative estimate of drug-likeness (QED) is 0.770. The number of nitrogens with one attached hydrogen (secondary N) is 1. The molecule has 114 valence electrons. The smallest absolute Gasteiger partial charge is 0.316 e. The first-order valence-corrected chi connectivity index (χ1v) is 8.42. The monoisotopic (exact) mass is 347 g/mol. The summed E-state index contributed by atoms with van der Waals surface area (Å²) in [6.07, 6.45) is 2.03. The zero-order chi connectivity index (χ0) is 15.2. The second-order valence-corrected chi connectivity index (χ2v) is 6.54. The van der Waals surface area contributed by atoms with Crippen molar-refractivity contribution < 1.29 is 14.3 Å². The van der Waals surface area contributed by atoms with Crippen molar-refractivity contribution in [2.45, 2.75) is 24.6 Å². The van der Waals surface area contributed by atoms with Gasteiger partial charge in [-0.2, -0.15) is 0 Å². The Labute approximate surface area is 137 Å². The summed E-state index contributed by atoms with van der Waals surface area (Å²) in [7, 11) is 0. The Morgan fingerprint density at radius 1 is 1.29 bits per heavy atom. The topological polar surface area (TPSA) is 55.4 Å². The molecule has 1 amide bonds. The van der Waals surface area contributed by atoms with E-state index < -0.39 is 5.97 Å². The third kappa shape index (κ3) is 6.16. The summed E-state index contributed by atoms with van der Waals surface area (Å²) < 4.78 is 4.89. The molecule has 7 heteroatoms. The molecule has 0 spiro atoms. The third-order valence-corrected chi connectivity index (χ3v) is 4.50. The van der Waals surface area contributed by atoms with Crippen LogP contribution in [0.3, 0.4) is 0 Å². The fourth-order valence-electron chi connectivity index (χ4n) is 1.57. The predicted octanol–water partition coefficient (Wildman–Crippen LogP) is 3.05. The van der Waals surface area contributed by atoms with E-state index in [1.807, 2.05) is 6.07 Å². The molecule has 0 bridgehead atoms. The molecular weight excluding hydrogens is 333 g/mol. The lowest BCUT2D eigenvalue weighted by Crippen LogP contribution is -2.30. The van der Waals surface area contributed by atoms with Crippen LogP contribution in [0.5, 0.6) is 0 Å². The fraction of sp³-hybridized carbons (Fsp3) is 0.429. The molecule has 0 atom stereocenters. The van der Waals surface area contributed by atoms with Crippen LogP contribution in [0.2, 0.25) is 10.0 Å². The molecule has 21 heavy (non-hydrogen) atoms. The first-order chi connectivity index (χ1) is 10.0. The maximum absolute atomic E-state index is 11.5. The number of ether oxygens (including phenoxy) is 1. The van der Waals surface area contributed by atoms with Crippen LogP contribution < -0.4 is 5.32 Å². The van der Waals surface area contributed by atoms with Gasteiger partial charge in [-0.05, 0) is 30.5 Å². The summed E-state index contributed by atoms with van der Waals surface area (Å²) in [6.45, 7) is -0.206. The summed E-state index contributed by atoms with van der Waals surface area (Å²) >= 11 is 13.1. The van der Waals surface area contributed by atoms with Gasteiger partial charge in [0.25, 0.3) is 5.91 Å². The summed E-state index contributed by atoms with van der Waals surface area (Å²) in [4.78, 5) is 22.8. The molecule has 0 radical (unpaired) electrons. The fourth-order valence-corrected chi connectivity index (χ4v) is 2.65. The number of carbonyl (C=O) groups excluding carboxylic acids is 2. The lowest BCUT2D eigenvalue weighted by atomic mass is 10.2. The van der Waals surface area contributed by atoms with Crippen LogP contribution >= 0.6 is 35.0 Å². The lowest BCUT2D eigenvalue weighted by Gasteiger charge is -2.06. The maximum atomic E-state index is 11.5. The van der Waals surface area contributed by atoms with Crippen molar-refractivity contribution in [2.75, 3.05) is 12.4 Å². The highest BCUT2D eigenvalue weighted by atomic mass is 35.5. The Hall–Kier alpha value is -0.910. The van der Waals surface area contributed by atoms with Crippen molar-refractivity contribution in [2.24, 2.45) is 0 Å². The van der Waals surface area contributed by atoms with Crippen LogP contribution in [0.1, 0.15) is 18.4 Å². The molecule has 0 heterocycles. The van der Waals surface area contributed by atoms with E-state index in [0.29, 0.717) is 15.8 Å². The first kappa shape index (κ1) is 16.5. The molecule has 0 unspecified atom stereocenters. The Bertz CT molecular complexity index is 535. The SMILES string of the molecule is O=C(COC(=O)CSCc1ccc(Cl)c(Cl)c1)NC1CC1. The van der Waals surface area contributed by atoms with E-state index in [9.17, 15) is 9.59 Å². The first-order valence-electron chi connectivity index (χ1n) is 6.51. The zero-order valence-electron chi connectivity index (χ0n) is 11.2. The van der Waals surface area contributed by atoms with Gasteiger partial charge in [-0.25, -0.2) is 0 Å². The van der Waals surface area contributed by atoms with Crippen LogP contribution in [0.4, 0.5) is 0 Å². The number of thioether (sulfide) groups is 1. The zero-order valence-corrected chi connectivity index (χ0v) is 13.6. The highest BCUT2D eigenvalue weighted by Gasteiger charge is 2.23. The number of amides is 1. The standard InChI is InChI=1S/C14H15Cl2NO3S/c15-11-4-1-9(5-12(11)16)7-21-8-14(19)20-6-13(18)17-10-2-3-10/h1,4-5,10H,2-3,6-8H2,(H,17,18). The molecule has 1 aromatic carbocycles. The van der Waals surface area contributed by atoms with Crippen LogP contribution in [0, 0.1) is 0 Å². The second kappa shape index (κ2) is 7.92. The summed E-state index contributed by atoms with van der Waals surface area (Å²) in [5, 5.41) is 3.75. The van der Waals surface area contributed by atoms with Gasteiger partial charge in [0, 0.05) is 11.8 Å². The molecule has 1 fully saturated rings. The van der Waals surface area contributed by atoms with E-state index in [1.54, 1.807) is 12.1 Å².